The highest BCUT2D eigenvalue weighted by atomic mass is 19.1. The van der Waals surface area contributed by atoms with E-state index in [1.807, 2.05) is 35.0 Å². The summed E-state index contributed by atoms with van der Waals surface area (Å²) in [6.07, 6.45) is 4.74. The van der Waals surface area contributed by atoms with Crippen LogP contribution in [-0.2, 0) is 0 Å². The summed E-state index contributed by atoms with van der Waals surface area (Å²) >= 11 is 0. The van der Waals surface area contributed by atoms with E-state index in [0.717, 1.165) is 47.5 Å². The SMILES string of the molecule is CN1CCC(Nc2nccc(-c3c(-c4ccc(F)cc4)nn4ccccc34)n2)C1. The predicted octanol–water partition coefficient (Wildman–Crippen LogP) is 3.71. The van der Waals surface area contributed by atoms with E-state index in [1.54, 1.807) is 18.3 Å². The summed E-state index contributed by atoms with van der Waals surface area (Å²) in [6.45, 7) is 2.05. The first-order valence-electron chi connectivity index (χ1n) is 9.69. The lowest BCUT2D eigenvalue weighted by molar-refractivity contribution is 0.414. The van der Waals surface area contributed by atoms with Gasteiger partial charge in [0, 0.05) is 30.5 Å². The van der Waals surface area contributed by atoms with Crippen LogP contribution < -0.4 is 5.32 Å². The Morgan fingerprint density at radius 3 is 2.76 bits per heavy atom. The van der Waals surface area contributed by atoms with Gasteiger partial charge >= 0.3 is 0 Å². The van der Waals surface area contributed by atoms with Crippen molar-refractivity contribution in [2.75, 3.05) is 25.5 Å². The van der Waals surface area contributed by atoms with Crippen LogP contribution in [0.2, 0.25) is 0 Å². The van der Waals surface area contributed by atoms with E-state index in [4.69, 9.17) is 10.1 Å². The van der Waals surface area contributed by atoms with Crippen LogP contribution in [0.4, 0.5) is 10.3 Å². The molecule has 3 aromatic heterocycles. The maximum Gasteiger partial charge on any atom is 0.223 e. The van der Waals surface area contributed by atoms with Crippen molar-refractivity contribution in [1.82, 2.24) is 24.5 Å². The number of hydrogen-bond donors (Lipinski definition) is 1. The molecule has 6 nitrogen and oxygen atoms in total. The Labute approximate surface area is 168 Å². The van der Waals surface area contributed by atoms with E-state index in [0.29, 0.717) is 12.0 Å². The maximum absolute atomic E-state index is 13.4. The van der Waals surface area contributed by atoms with Gasteiger partial charge in [-0.05, 0) is 62.5 Å². The molecule has 1 unspecified atom stereocenters. The molecule has 5 rings (SSSR count). The molecule has 0 bridgehead atoms. The standard InChI is InChI=1S/C22H21FN6/c1-28-13-10-17(14-28)25-22-24-11-9-18(26-22)20-19-4-2-3-12-29(19)27-21(20)15-5-7-16(23)8-6-15/h2-9,11-12,17H,10,13-14H2,1H3,(H,24,25,26). The average Bonchev–Trinajstić information content (AvgIpc) is 3.32. The topological polar surface area (TPSA) is 58.3 Å². The van der Waals surface area contributed by atoms with Gasteiger partial charge < -0.3 is 10.2 Å². The van der Waals surface area contributed by atoms with Gasteiger partial charge in [0.2, 0.25) is 5.95 Å². The smallest absolute Gasteiger partial charge is 0.223 e. The van der Waals surface area contributed by atoms with E-state index in [2.05, 4.69) is 22.2 Å². The Hall–Kier alpha value is -3.32. The van der Waals surface area contributed by atoms with Crippen molar-refractivity contribution >= 4 is 11.5 Å². The Kier molecular flexibility index (Phi) is 4.44. The molecule has 4 aromatic rings. The first-order chi connectivity index (χ1) is 14.2. The fourth-order valence-corrected chi connectivity index (χ4v) is 3.86. The van der Waals surface area contributed by atoms with Crippen molar-refractivity contribution in [2.24, 2.45) is 0 Å². The zero-order chi connectivity index (χ0) is 19.8. The van der Waals surface area contributed by atoms with E-state index < -0.39 is 0 Å². The van der Waals surface area contributed by atoms with Gasteiger partial charge in [0.1, 0.15) is 11.5 Å². The number of nitrogens with zero attached hydrogens (tertiary/aromatic N) is 5. The summed E-state index contributed by atoms with van der Waals surface area (Å²) in [7, 11) is 2.12. The molecule has 4 heterocycles. The second kappa shape index (κ2) is 7.25. The molecule has 1 N–H and O–H groups in total. The molecular weight excluding hydrogens is 367 g/mol. The number of benzene rings is 1. The summed E-state index contributed by atoms with van der Waals surface area (Å²) in [5.41, 5.74) is 4.25. The molecule has 0 aliphatic carbocycles. The maximum atomic E-state index is 13.4. The van der Waals surface area contributed by atoms with Crippen LogP contribution in [0.1, 0.15) is 6.42 Å². The third-order valence-corrected chi connectivity index (χ3v) is 5.29. The molecule has 1 saturated heterocycles. The lowest BCUT2D eigenvalue weighted by Gasteiger charge is -2.13. The van der Waals surface area contributed by atoms with E-state index in [1.165, 1.54) is 12.1 Å². The molecule has 0 amide bonds. The fraction of sp³-hybridized carbons (Fsp3) is 0.227. The third-order valence-electron chi connectivity index (χ3n) is 5.29. The Morgan fingerprint density at radius 1 is 1.10 bits per heavy atom. The monoisotopic (exact) mass is 388 g/mol. The van der Waals surface area contributed by atoms with Crippen molar-refractivity contribution in [1.29, 1.82) is 0 Å². The van der Waals surface area contributed by atoms with Gasteiger partial charge in [0.05, 0.1) is 16.8 Å². The minimum Gasteiger partial charge on any atom is -0.350 e. The predicted molar refractivity (Wildman–Crippen MR) is 111 cm³/mol. The van der Waals surface area contributed by atoms with Crippen LogP contribution in [0.5, 0.6) is 0 Å². The molecule has 1 aliphatic heterocycles. The van der Waals surface area contributed by atoms with Gasteiger partial charge in [-0.15, -0.1) is 0 Å². The van der Waals surface area contributed by atoms with Crippen LogP contribution in [0.3, 0.4) is 0 Å². The molecule has 0 spiro atoms. The molecule has 1 aliphatic rings. The lowest BCUT2D eigenvalue weighted by Crippen LogP contribution is -2.24. The summed E-state index contributed by atoms with van der Waals surface area (Å²) < 4.78 is 15.3. The van der Waals surface area contributed by atoms with Gasteiger partial charge in [0.15, 0.2) is 0 Å². The van der Waals surface area contributed by atoms with Crippen molar-refractivity contribution in [3.63, 3.8) is 0 Å². The molecule has 146 valence electrons. The van der Waals surface area contributed by atoms with Crippen molar-refractivity contribution in [3.05, 3.63) is 66.7 Å². The third kappa shape index (κ3) is 3.45. The fourth-order valence-electron chi connectivity index (χ4n) is 3.86. The first kappa shape index (κ1) is 17.8. The van der Waals surface area contributed by atoms with Crippen molar-refractivity contribution < 1.29 is 4.39 Å². The lowest BCUT2D eigenvalue weighted by atomic mass is 10.0. The number of pyridine rings is 1. The number of fused-ring (bicyclic) bond motifs is 1. The van der Waals surface area contributed by atoms with E-state index >= 15 is 0 Å². The van der Waals surface area contributed by atoms with Gasteiger partial charge in [-0.25, -0.2) is 18.9 Å². The Morgan fingerprint density at radius 2 is 1.97 bits per heavy atom. The highest BCUT2D eigenvalue weighted by molar-refractivity contribution is 5.90. The molecule has 29 heavy (non-hydrogen) atoms. The molecule has 0 saturated carbocycles. The number of anilines is 1. The summed E-state index contributed by atoms with van der Waals surface area (Å²) in [4.78, 5) is 11.5. The van der Waals surface area contributed by atoms with Gasteiger partial charge in [0.25, 0.3) is 0 Å². The summed E-state index contributed by atoms with van der Waals surface area (Å²) in [5.74, 6) is 0.345. The Bertz CT molecular complexity index is 1150. The summed E-state index contributed by atoms with van der Waals surface area (Å²) in [6, 6.07) is 14.5. The minimum atomic E-state index is -0.269. The highest BCUT2D eigenvalue weighted by Crippen LogP contribution is 2.34. The number of likely N-dealkylation sites (tertiary alicyclic amines) is 1. The molecular formula is C22H21FN6. The van der Waals surface area contributed by atoms with Crippen LogP contribution in [0.25, 0.3) is 28.0 Å². The zero-order valence-corrected chi connectivity index (χ0v) is 16.1. The first-order valence-corrected chi connectivity index (χ1v) is 9.69. The number of nitrogens with one attached hydrogen (secondary N) is 1. The zero-order valence-electron chi connectivity index (χ0n) is 16.1. The van der Waals surface area contributed by atoms with Crippen LogP contribution in [0.15, 0.2) is 60.9 Å². The van der Waals surface area contributed by atoms with Crippen molar-refractivity contribution in [2.45, 2.75) is 12.5 Å². The number of likely N-dealkylation sites (N-methyl/N-ethyl adjacent to an activating group) is 1. The van der Waals surface area contributed by atoms with Crippen LogP contribution in [0, 0.1) is 5.82 Å². The quantitative estimate of drug-likeness (QED) is 0.578. The average molecular weight is 388 g/mol. The van der Waals surface area contributed by atoms with E-state index in [-0.39, 0.29) is 5.82 Å². The Balaban J connectivity index is 1.60. The molecule has 0 radical (unpaired) electrons. The van der Waals surface area contributed by atoms with Gasteiger partial charge in [-0.1, -0.05) is 6.07 Å². The number of rotatable bonds is 4. The normalized spacial score (nSPS) is 17.1. The molecule has 7 heteroatoms. The molecule has 1 fully saturated rings. The number of hydrogen-bond acceptors (Lipinski definition) is 5. The minimum absolute atomic E-state index is 0.269. The second-order valence-corrected chi connectivity index (χ2v) is 7.42. The second-order valence-electron chi connectivity index (χ2n) is 7.42. The van der Waals surface area contributed by atoms with Crippen LogP contribution in [-0.4, -0.2) is 50.7 Å². The molecule has 1 aromatic carbocycles. The largest absolute Gasteiger partial charge is 0.350 e. The van der Waals surface area contributed by atoms with E-state index in [9.17, 15) is 4.39 Å². The van der Waals surface area contributed by atoms with Gasteiger partial charge in [-0.2, -0.15) is 5.10 Å². The van der Waals surface area contributed by atoms with Gasteiger partial charge in [-0.3, -0.25) is 0 Å². The molecule has 1 atom stereocenters. The summed E-state index contributed by atoms with van der Waals surface area (Å²) in [5, 5.41) is 8.19. The highest BCUT2D eigenvalue weighted by Gasteiger charge is 2.21. The number of aromatic nitrogens is 4. The number of halogens is 1. The van der Waals surface area contributed by atoms with Crippen LogP contribution >= 0.6 is 0 Å². The van der Waals surface area contributed by atoms with Crippen molar-refractivity contribution in [3.8, 4) is 22.5 Å².